The van der Waals surface area contributed by atoms with E-state index >= 15 is 0 Å². The zero-order valence-corrected chi connectivity index (χ0v) is 14.2. The quantitative estimate of drug-likeness (QED) is 0.654. The van der Waals surface area contributed by atoms with Gasteiger partial charge in [-0.05, 0) is 18.8 Å². The maximum absolute atomic E-state index is 12.2. The fraction of sp³-hybridized carbons (Fsp3) is 0.688. The van der Waals surface area contributed by atoms with Gasteiger partial charge in [0.15, 0.2) is 5.16 Å². The molecule has 0 radical (unpaired) electrons. The van der Waals surface area contributed by atoms with Gasteiger partial charge in [-0.3, -0.25) is 14.2 Å². The van der Waals surface area contributed by atoms with Gasteiger partial charge < -0.3 is 10.1 Å². The third kappa shape index (κ3) is 3.77. The molecule has 23 heavy (non-hydrogen) atoms. The topological polar surface area (TPSA) is 73.2 Å². The van der Waals surface area contributed by atoms with E-state index in [1.807, 2.05) is 0 Å². The highest BCUT2D eigenvalue weighted by atomic mass is 32.2. The van der Waals surface area contributed by atoms with Gasteiger partial charge in [0.2, 0.25) is 0 Å². The maximum Gasteiger partial charge on any atom is 0.267 e. The van der Waals surface area contributed by atoms with Gasteiger partial charge in [-0.15, -0.1) is 0 Å². The van der Waals surface area contributed by atoms with Crippen LogP contribution in [0.25, 0.3) is 0 Å². The number of carbonyl (C=O) groups is 1. The highest BCUT2D eigenvalue weighted by Crippen LogP contribution is 2.26. The highest BCUT2D eigenvalue weighted by Gasteiger charge is 2.22. The number of thioether (sulfide) groups is 1. The Bertz CT molecular complexity index is 631. The molecular weight excluding hydrogens is 314 g/mol. The first kappa shape index (κ1) is 16.5. The average molecular weight is 337 g/mol. The smallest absolute Gasteiger partial charge is 0.267 e. The van der Waals surface area contributed by atoms with Gasteiger partial charge in [0, 0.05) is 25.0 Å². The Labute approximate surface area is 140 Å². The molecule has 1 aliphatic heterocycles. The van der Waals surface area contributed by atoms with Gasteiger partial charge in [0.05, 0.1) is 12.7 Å². The number of nitrogens with zero attached hydrogens (tertiary/aromatic N) is 2. The van der Waals surface area contributed by atoms with E-state index < -0.39 is 0 Å². The maximum atomic E-state index is 12.2. The number of nitrogens with one attached hydrogen (secondary N) is 1. The molecule has 3 rings (SSSR count). The monoisotopic (exact) mass is 337 g/mol. The average Bonchev–Trinajstić information content (AvgIpc) is 3.03. The van der Waals surface area contributed by atoms with Crippen LogP contribution in [0.3, 0.4) is 0 Å². The molecule has 2 atom stereocenters. The van der Waals surface area contributed by atoms with Crippen molar-refractivity contribution in [2.45, 2.75) is 50.4 Å². The van der Waals surface area contributed by atoms with E-state index in [-0.39, 0.29) is 17.0 Å². The predicted octanol–water partition coefficient (Wildman–Crippen LogP) is 1.67. The molecule has 7 heteroatoms. The van der Waals surface area contributed by atoms with Crippen LogP contribution in [-0.4, -0.2) is 40.5 Å². The molecule has 1 amide bonds. The zero-order chi connectivity index (χ0) is 16.2. The molecule has 1 N–H and O–H groups in total. The molecule has 0 bridgehead atoms. The summed E-state index contributed by atoms with van der Waals surface area (Å²) < 4.78 is 7.44. The third-order valence-corrected chi connectivity index (χ3v) is 5.52. The van der Waals surface area contributed by atoms with E-state index in [1.54, 1.807) is 16.3 Å². The first-order chi connectivity index (χ1) is 11.2. The molecule has 2 heterocycles. The number of rotatable bonds is 5. The summed E-state index contributed by atoms with van der Waals surface area (Å²) in [5.74, 6) is 1.05. The molecule has 1 fully saturated rings. The third-order valence-electron chi connectivity index (χ3n) is 4.55. The van der Waals surface area contributed by atoms with Crippen molar-refractivity contribution < 1.29 is 9.53 Å². The second-order valence-corrected chi connectivity index (χ2v) is 7.25. The lowest BCUT2D eigenvalue weighted by Crippen LogP contribution is -2.36. The van der Waals surface area contributed by atoms with Crippen molar-refractivity contribution in [2.24, 2.45) is 5.92 Å². The first-order valence-corrected chi connectivity index (χ1v) is 9.28. The number of fused-ring (bicyclic) bond motifs is 1. The van der Waals surface area contributed by atoms with Crippen LogP contribution < -0.4 is 10.9 Å². The van der Waals surface area contributed by atoms with Crippen molar-refractivity contribution in [3.63, 3.8) is 0 Å². The number of hydrogen-bond acceptors (Lipinski definition) is 5. The molecule has 1 saturated carbocycles. The lowest BCUT2D eigenvalue weighted by atomic mass is 9.88. The molecular formula is C16H23N3O3S. The first-order valence-electron chi connectivity index (χ1n) is 8.29. The van der Waals surface area contributed by atoms with Crippen LogP contribution in [0.4, 0.5) is 0 Å². The highest BCUT2D eigenvalue weighted by molar-refractivity contribution is 7.99. The van der Waals surface area contributed by atoms with Crippen LogP contribution in [0, 0.1) is 5.92 Å². The van der Waals surface area contributed by atoms with Gasteiger partial charge in [-0.25, -0.2) is 4.98 Å². The molecule has 1 aromatic rings. The fourth-order valence-electron chi connectivity index (χ4n) is 3.17. The fourth-order valence-corrected chi connectivity index (χ4v) is 4.09. The number of hydrogen-bond donors (Lipinski definition) is 1. The Hall–Kier alpha value is -1.34. The minimum absolute atomic E-state index is 0.113. The minimum atomic E-state index is -0.366. The van der Waals surface area contributed by atoms with Crippen molar-refractivity contribution in [3.8, 4) is 0 Å². The van der Waals surface area contributed by atoms with Crippen molar-refractivity contribution in [3.05, 3.63) is 22.1 Å². The second-order valence-electron chi connectivity index (χ2n) is 6.19. The van der Waals surface area contributed by atoms with Crippen molar-refractivity contribution in [1.82, 2.24) is 14.9 Å². The molecule has 0 saturated heterocycles. The standard InChI is InChI=1S/C16H23N3O3S/c1-11-4-2-3-5-13(11)22-8-6-17-14(20)12-10-18-16-19(15(12)21)7-9-23-16/h10-11,13H,2-9H2,1H3,(H,17,20)/t11-,13+/m0/s1. The lowest BCUT2D eigenvalue weighted by molar-refractivity contribution is -0.00294. The molecule has 0 aromatic carbocycles. The summed E-state index contributed by atoms with van der Waals surface area (Å²) >= 11 is 1.54. The minimum Gasteiger partial charge on any atom is -0.376 e. The summed E-state index contributed by atoms with van der Waals surface area (Å²) in [7, 11) is 0. The molecule has 1 aliphatic carbocycles. The largest absolute Gasteiger partial charge is 0.376 e. The molecule has 2 aliphatic rings. The number of ether oxygens (including phenoxy) is 1. The predicted molar refractivity (Wildman–Crippen MR) is 88.9 cm³/mol. The Kier molecular flexibility index (Phi) is 5.38. The summed E-state index contributed by atoms with van der Waals surface area (Å²) in [6.45, 7) is 3.74. The Morgan fingerprint density at radius 1 is 1.48 bits per heavy atom. The van der Waals surface area contributed by atoms with Crippen LogP contribution in [0.1, 0.15) is 43.0 Å². The summed E-state index contributed by atoms with van der Waals surface area (Å²) in [5, 5.41) is 3.46. The number of aromatic nitrogens is 2. The molecule has 1 aromatic heterocycles. The zero-order valence-electron chi connectivity index (χ0n) is 13.4. The number of amides is 1. The van der Waals surface area contributed by atoms with Gasteiger partial charge in [-0.2, -0.15) is 0 Å². The van der Waals surface area contributed by atoms with Crippen molar-refractivity contribution in [1.29, 1.82) is 0 Å². The Balaban J connectivity index is 1.49. The molecule has 6 nitrogen and oxygen atoms in total. The van der Waals surface area contributed by atoms with Gasteiger partial charge >= 0.3 is 0 Å². The SMILES string of the molecule is C[C@H]1CCCC[C@H]1OCCNC(=O)c1cnc2n(c1=O)CCS2. The van der Waals surface area contributed by atoms with E-state index in [4.69, 9.17) is 4.74 Å². The van der Waals surface area contributed by atoms with Gasteiger partial charge in [0.25, 0.3) is 11.5 Å². The lowest BCUT2D eigenvalue weighted by Gasteiger charge is -2.28. The van der Waals surface area contributed by atoms with Crippen LogP contribution in [0.5, 0.6) is 0 Å². The van der Waals surface area contributed by atoms with Gasteiger partial charge in [0.1, 0.15) is 5.56 Å². The van der Waals surface area contributed by atoms with Crippen molar-refractivity contribution >= 4 is 17.7 Å². The van der Waals surface area contributed by atoms with Crippen LogP contribution in [0.15, 0.2) is 16.1 Å². The summed E-state index contributed by atoms with van der Waals surface area (Å²) in [6.07, 6.45) is 6.49. The van der Waals surface area contributed by atoms with Gasteiger partial charge in [-0.1, -0.05) is 31.5 Å². The summed E-state index contributed by atoms with van der Waals surface area (Å²) in [4.78, 5) is 28.6. The van der Waals surface area contributed by atoms with Crippen LogP contribution in [0.2, 0.25) is 0 Å². The van der Waals surface area contributed by atoms with E-state index in [0.29, 0.717) is 36.9 Å². The second kappa shape index (κ2) is 7.49. The van der Waals surface area contributed by atoms with E-state index in [0.717, 1.165) is 12.2 Å². The Morgan fingerprint density at radius 2 is 2.30 bits per heavy atom. The van der Waals surface area contributed by atoms with Crippen molar-refractivity contribution in [2.75, 3.05) is 18.9 Å². The molecule has 126 valence electrons. The Morgan fingerprint density at radius 3 is 3.13 bits per heavy atom. The van der Waals surface area contributed by atoms with Crippen LogP contribution >= 0.6 is 11.8 Å². The van der Waals surface area contributed by atoms with E-state index in [9.17, 15) is 9.59 Å². The van der Waals surface area contributed by atoms with E-state index in [2.05, 4.69) is 17.2 Å². The number of carbonyl (C=O) groups excluding carboxylic acids is 1. The summed E-state index contributed by atoms with van der Waals surface area (Å²) in [5.41, 5.74) is -0.137. The molecule has 0 spiro atoms. The summed E-state index contributed by atoms with van der Waals surface area (Å²) in [6, 6.07) is 0. The normalized spacial score (nSPS) is 23.5. The molecule has 0 unspecified atom stereocenters. The van der Waals surface area contributed by atoms with E-state index in [1.165, 1.54) is 25.5 Å². The van der Waals surface area contributed by atoms with Crippen LogP contribution in [-0.2, 0) is 11.3 Å².